The van der Waals surface area contributed by atoms with E-state index >= 15 is 0 Å². The minimum atomic E-state index is -0.172. The molecule has 0 bridgehead atoms. The molecule has 2 rings (SSSR count). The van der Waals surface area contributed by atoms with Crippen molar-refractivity contribution in [2.24, 2.45) is 0 Å². The summed E-state index contributed by atoms with van der Waals surface area (Å²) in [4.78, 5) is 15.3. The van der Waals surface area contributed by atoms with Gasteiger partial charge in [0, 0.05) is 6.04 Å². The van der Waals surface area contributed by atoms with Gasteiger partial charge < -0.3 is 10.6 Å². The molecule has 0 spiro atoms. The van der Waals surface area contributed by atoms with Crippen LogP contribution in [0, 0.1) is 0 Å². The van der Waals surface area contributed by atoms with Crippen LogP contribution in [0.1, 0.15) is 23.5 Å². The smallest absolute Gasteiger partial charge is 0.288 e. The summed E-state index contributed by atoms with van der Waals surface area (Å²) in [6.07, 6.45) is 3.27. The number of hydrogen-bond donors (Lipinski definition) is 3. The fourth-order valence-electron chi connectivity index (χ4n) is 1.53. The average Bonchev–Trinajstić information content (AvgIpc) is 2.72. The number of H-pyrrole nitrogens is 1. The second-order valence-electron chi connectivity index (χ2n) is 3.33. The lowest BCUT2D eigenvalue weighted by Crippen LogP contribution is -2.43. The summed E-state index contributed by atoms with van der Waals surface area (Å²) in [5.41, 5.74) is 0. The van der Waals surface area contributed by atoms with Gasteiger partial charge in [-0.3, -0.25) is 9.89 Å². The van der Waals surface area contributed by atoms with Crippen molar-refractivity contribution in [3.63, 3.8) is 0 Å². The van der Waals surface area contributed by atoms with Gasteiger partial charge in [0.1, 0.15) is 6.33 Å². The molecule has 1 aromatic rings. The highest BCUT2D eigenvalue weighted by Crippen LogP contribution is 2.02. The SMILES string of the molecule is O=C(NC1CCNCC1)c1ncn[nH]1. The predicted octanol–water partition coefficient (Wildman–Crippen LogP) is -0.713. The van der Waals surface area contributed by atoms with E-state index in [2.05, 4.69) is 25.8 Å². The molecule has 3 N–H and O–H groups in total. The fraction of sp³-hybridized carbons (Fsp3) is 0.625. The van der Waals surface area contributed by atoms with Crippen LogP contribution in [0.25, 0.3) is 0 Å². The number of hydrogen-bond acceptors (Lipinski definition) is 4. The summed E-state index contributed by atoms with van der Waals surface area (Å²) < 4.78 is 0. The van der Waals surface area contributed by atoms with Crippen LogP contribution in [0.5, 0.6) is 0 Å². The normalized spacial score (nSPS) is 18.0. The maximum absolute atomic E-state index is 11.5. The van der Waals surface area contributed by atoms with Crippen LogP contribution in [-0.2, 0) is 0 Å². The first-order valence-corrected chi connectivity index (χ1v) is 4.73. The van der Waals surface area contributed by atoms with Gasteiger partial charge in [0.2, 0.25) is 5.82 Å². The van der Waals surface area contributed by atoms with Crippen molar-refractivity contribution in [1.29, 1.82) is 0 Å². The molecule has 6 nitrogen and oxygen atoms in total. The molecule has 1 aliphatic rings. The van der Waals surface area contributed by atoms with E-state index in [1.54, 1.807) is 0 Å². The van der Waals surface area contributed by atoms with Gasteiger partial charge in [-0.05, 0) is 25.9 Å². The number of amides is 1. The molecule has 0 atom stereocenters. The Bertz CT molecular complexity index is 291. The molecule has 1 saturated heterocycles. The monoisotopic (exact) mass is 195 g/mol. The molecule has 0 radical (unpaired) electrons. The van der Waals surface area contributed by atoms with Crippen molar-refractivity contribution < 1.29 is 4.79 Å². The van der Waals surface area contributed by atoms with Gasteiger partial charge in [0.15, 0.2) is 0 Å². The molecule has 0 aromatic carbocycles. The fourth-order valence-corrected chi connectivity index (χ4v) is 1.53. The van der Waals surface area contributed by atoms with Crippen LogP contribution in [-0.4, -0.2) is 40.2 Å². The van der Waals surface area contributed by atoms with E-state index < -0.39 is 0 Å². The Morgan fingerprint density at radius 3 is 2.93 bits per heavy atom. The van der Waals surface area contributed by atoms with Crippen molar-refractivity contribution in [1.82, 2.24) is 25.8 Å². The van der Waals surface area contributed by atoms with Gasteiger partial charge >= 0.3 is 0 Å². The Hall–Kier alpha value is -1.43. The highest BCUT2D eigenvalue weighted by Gasteiger charge is 2.17. The van der Waals surface area contributed by atoms with Crippen LogP contribution < -0.4 is 10.6 Å². The average molecular weight is 195 g/mol. The molecule has 14 heavy (non-hydrogen) atoms. The summed E-state index contributed by atoms with van der Waals surface area (Å²) in [6.45, 7) is 1.92. The van der Waals surface area contributed by atoms with Gasteiger partial charge in [-0.15, -0.1) is 0 Å². The molecular weight excluding hydrogens is 182 g/mol. The lowest BCUT2D eigenvalue weighted by atomic mass is 10.1. The zero-order valence-corrected chi connectivity index (χ0v) is 7.79. The maximum Gasteiger partial charge on any atom is 0.288 e. The molecule has 76 valence electrons. The Morgan fingerprint density at radius 1 is 1.50 bits per heavy atom. The summed E-state index contributed by atoms with van der Waals surface area (Å²) >= 11 is 0. The van der Waals surface area contributed by atoms with E-state index in [1.807, 2.05) is 0 Å². The van der Waals surface area contributed by atoms with Crippen LogP contribution in [0.4, 0.5) is 0 Å². The van der Waals surface area contributed by atoms with Gasteiger partial charge in [-0.1, -0.05) is 0 Å². The molecule has 1 aromatic heterocycles. The van der Waals surface area contributed by atoms with Crippen LogP contribution in [0.2, 0.25) is 0 Å². The zero-order valence-electron chi connectivity index (χ0n) is 7.79. The minimum Gasteiger partial charge on any atom is -0.347 e. The number of nitrogens with zero attached hydrogens (tertiary/aromatic N) is 2. The van der Waals surface area contributed by atoms with Crippen molar-refractivity contribution in [3.05, 3.63) is 12.2 Å². The Kier molecular flexibility index (Phi) is 2.73. The van der Waals surface area contributed by atoms with Crippen LogP contribution in [0.15, 0.2) is 6.33 Å². The number of carbonyl (C=O) groups excluding carboxylic acids is 1. The largest absolute Gasteiger partial charge is 0.347 e. The lowest BCUT2D eigenvalue weighted by molar-refractivity contribution is 0.0919. The van der Waals surface area contributed by atoms with Crippen molar-refractivity contribution >= 4 is 5.91 Å². The first-order valence-electron chi connectivity index (χ1n) is 4.73. The maximum atomic E-state index is 11.5. The van der Waals surface area contributed by atoms with Crippen molar-refractivity contribution in [2.75, 3.05) is 13.1 Å². The van der Waals surface area contributed by atoms with Crippen LogP contribution in [0.3, 0.4) is 0 Å². The summed E-state index contributed by atoms with van der Waals surface area (Å²) in [5, 5.41) is 12.3. The number of piperidine rings is 1. The van der Waals surface area contributed by atoms with Gasteiger partial charge in [-0.2, -0.15) is 5.10 Å². The number of rotatable bonds is 2. The summed E-state index contributed by atoms with van der Waals surface area (Å²) in [5.74, 6) is 0.109. The summed E-state index contributed by atoms with van der Waals surface area (Å²) in [6, 6.07) is 0.258. The molecule has 0 saturated carbocycles. The molecule has 1 fully saturated rings. The molecular formula is C8H13N5O. The number of aromatic amines is 1. The second kappa shape index (κ2) is 4.19. The third-order valence-corrected chi connectivity index (χ3v) is 2.30. The second-order valence-corrected chi connectivity index (χ2v) is 3.33. The quantitative estimate of drug-likeness (QED) is 0.582. The highest BCUT2D eigenvalue weighted by molar-refractivity contribution is 5.90. The number of aromatic nitrogens is 3. The molecule has 6 heteroatoms. The van der Waals surface area contributed by atoms with Gasteiger partial charge in [0.25, 0.3) is 5.91 Å². The topological polar surface area (TPSA) is 82.7 Å². The molecule has 1 amide bonds. The first kappa shape index (κ1) is 9.14. The van der Waals surface area contributed by atoms with E-state index in [1.165, 1.54) is 6.33 Å². The van der Waals surface area contributed by atoms with Gasteiger partial charge in [0.05, 0.1) is 0 Å². The first-order chi connectivity index (χ1) is 6.86. The summed E-state index contributed by atoms with van der Waals surface area (Å²) in [7, 11) is 0. The van der Waals surface area contributed by atoms with E-state index in [4.69, 9.17) is 0 Å². The highest BCUT2D eigenvalue weighted by atomic mass is 16.2. The standard InChI is InChI=1S/C8H13N5O/c14-8(7-10-5-11-13-7)12-6-1-3-9-4-2-6/h5-6,9H,1-4H2,(H,12,14)(H,10,11,13). The van der Waals surface area contributed by atoms with Crippen LogP contribution >= 0.6 is 0 Å². The zero-order chi connectivity index (χ0) is 9.80. The number of nitrogens with one attached hydrogen (secondary N) is 3. The van der Waals surface area contributed by atoms with E-state index in [0.29, 0.717) is 0 Å². The Morgan fingerprint density at radius 2 is 2.29 bits per heavy atom. The van der Waals surface area contributed by atoms with Gasteiger partial charge in [-0.25, -0.2) is 4.98 Å². The lowest BCUT2D eigenvalue weighted by Gasteiger charge is -2.22. The van der Waals surface area contributed by atoms with E-state index in [-0.39, 0.29) is 17.8 Å². The van der Waals surface area contributed by atoms with Crippen molar-refractivity contribution in [3.8, 4) is 0 Å². The molecule has 2 heterocycles. The molecule has 1 aliphatic heterocycles. The predicted molar refractivity (Wildman–Crippen MR) is 49.7 cm³/mol. The number of carbonyl (C=O) groups is 1. The third-order valence-electron chi connectivity index (χ3n) is 2.30. The Labute approximate surface area is 81.5 Å². The molecule has 0 unspecified atom stereocenters. The van der Waals surface area contributed by atoms with Crippen molar-refractivity contribution in [2.45, 2.75) is 18.9 Å². The third kappa shape index (κ3) is 2.08. The van der Waals surface area contributed by atoms with E-state index in [0.717, 1.165) is 25.9 Å². The van der Waals surface area contributed by atoms with E-state index in [9.17, 15) is 4.79 Å². The Balaban J connectivity index is 1.87. The minimum absolute atomic E-state index is 0.172. The molecule has 0 aliphatic carbocycles.